The maximum Gasteiger partial charge on any atom is 0.333 e. The number of methoxy groups -OCH3 is 1. The number of nitrogens with one attached hydrogen (secondary N) is 1. The quantitative estimate of drug-likeness (QED) is 0.246. The number of ketones is 1. The summed E-state index contributed by atoms with van der Waals surface area (Å²) in [4.78, 5) is 22.8. The van der Waals surface area contributed by atoms with Gasteiger partial charge >= 0.3 is 10.3 Å². The van der Waals surface area contributed by atoms with Gasteiger partial charge in [0.2, 0.25) is 5.78 Å². The lowest BCUT2D eigenvalue weighted by molar-refractivity contribution is 0.101. The maximum atomic E-state index is 13.6. The van der Waals surface area contributed by atoms with Crippen LogP contribution in [0.1, 0.15) is 50.2 Å². The molecular weight excluding hydrogens is 556 g/mol. The van der Waals surface area contributed by atoms with Crippen LogP contribution in [0.2, 0.25) is 5.02 Å². The van der Waals surface area contributed by atoms with Crippen LogP contribution in [0.5, 0.6) is 0 Å². The Morgan fingerprint density at radius 2 is 2.13 bits per heavy atom. The Morgan fingerprint density at radius 1 is 1.34 bits per heavy atom. The predicted molar refractivity (Wildman–Crippen MR) is 141 cm³/mol. The zero-order chi connectivity index (χ0) is 27.4. The summed E-state index contributed by atoms with van der Waals surface area (Å²) in [6.07, 6.45) is 1.53. The monoisotopic (exact) mass is 582 g/mol. The van der Waals surface area contributed by atoms with E-state index in [0.717, 1.165) is 0 Å². The molecule has 11 nitrogen and oxygen atoms in total. The number of nitrogens with two attached hydrogens (primary N) is 1. The number of hydrogen-bond acceptors (Lipinski definition) is 11. The summed E-state index contributed by atoms with van der Waals surface area (Å²) in [6, 6.07) is 8.18. The van der Waals surface area contributed by atoms with Gasteiger partial charge in [0, 0.05) is 40.7 Å². The molecule has 1 aromatic carbocycles. The summed E-state index contributed by atoms with van der Waals surface area (Å²) < 4.78 is 32.1. The first-order valence-corrected chi connectivity index (χ1v) is 14.2. The summed E-state index contributed by atoms with van der Waals surface area (Å²) in [5, 5.41) is 29.9. The molecule has 4 rings (SSSR count). The van der Waals surface area contributed by atoms with Crippen molar-refractivity contribution in [1.29, 1.82) is 0 Å². The Balaban J connectivity index is 1.55. The SMILES string of the molecule is COCc1sc(C(=O)c2cncnc2NC2C[C@H](COS(N)(=O)=O)[C@@H](O)C2)cc1[C@@H](O)c1cccc(Cl)c1. The average molecular weight is 583 g/mol. The number of carbonyl (C=O) groups excluding carboxylic acids is 1. The fourth-order valence-electron chi connectivity index (χ4n) is 4.41. The summed E-state index contributed by atoms with van der Waals surface area (Å²) in [5.74, 6) is -0.544. The Bertz CT molecular complexity index is 1400. The molecule has 204 valence electrons. The highest BCUT2D eigenvalue weighted by molar-refractivity contribution is 7.84. The zero-order valence-corrected chi connectivity index (χ0v) is 22.7. The molecule has 1 saturated carbocycles. The van der Waals surface area contributed by atoms with Gasteiger partial charge in [-0.05, 0) is 36.6 Å². The minimum atomic E-state index is -4.12. The number of anilines is 1. The molecule has 0 spiro atoms. The first kappa shape index (κ1) is 28.5. The molecule has 38 heavy (non-hydrogen) atoms. The number of rotatable bonds is 11. The summed E-state index contributed by atoms with van der Waals surface area (Å²) >= 11 is 7.29. The second kappa shape index (κ2) is 12.1. The molecule has 2 aromatic heterocycles. The molecule has 0 amide bonds. The number of carbonyl (C=O) groups is 1. The highest BCUT2D eigenvalue weighted by Crippen LogP contribution is 2.35. The lowest BCUT2D eigenvalue weighted by Crippen LogP contribution is -2.24. The smallest absolute Gasteiger partial charge is 0.333 e. The minimum absolute atomic E-state index is 0.198. The molecule has 3 aromatic rings. The summed E-state index contributed by atoms with van der Waals surface area (Å²) in [5.41, 5.74) is 1.32. The third-order valence-electron chi connectivity index (χ3n) is 6.20. The van der Waals surface area contributed by atoms with Crippen LogP contribution in [-0.2, 0) is 25.8 Å². The molecule has 0 bridgehead atoms. The van der Waals surface area contributed by atoms with E-state index in [1.807, 2.05) is 0 Å². The van der Waals surface area contributed by atoms with E-state index >= 15 is 0 Å². The normalized spacial score (nSPS) is 20.4. The standard InChI is InChI=1S/C24H27ClN4O7S2/c1-35-11-21-17(22(31)13-3-2-4-15(25)5-13)8-20(37-21)23(32)18-9-27-12-28-24(18)29-16-6-14(19(30)7-16)10-36-38(26,33)34/h2-5,8-9,12,14,16,19,22,30-31H,6-7,10-11H2,1H3,(H2,26,33,34)(H,27,28,29)/t14-,16?,19+,22+/m1/s1. The maximum absolute atomic E-state index is 13.6. The van der Waals surface area contributed by atoms with Crippen LogP contribution in [0.25, 0.3) is 0 Å². The van der Waals surface area contributed by atoms with Gasteiger partial charge in [-0.3, -0.25) is 8.98 Å². The minimum Gasteiger partial charge on any atom is -0.393 e. The van der Waals surface area contributed by atoms with Gasteiger partial charge in [0.1, 0.15) is 18.2 Å². The van der Waals surface area contributed by atoms with Gasteiger partial charge in [0.15, 0.2) is 0 Å². The molecule has 1 unspecified atom stereocenters. The van der Waals surface area contributed by atoms with Gasteiger partial charge in [0.25, 0.3) is 0 Å². The molecule has 0 aliphatic heterocycles. The molecule has 0 saturated heterocycles. The van der Waals surface area contributed by atoms with E-state index in [1.165, 1.54) is 31.0 Å². The molecule has 1 fully saturated rings. The van der Waals surface area contributed by atoms with Gasteiger partial charge in [-0.2, -0.15) is 8.42 Å². The fraction of sp³-hybridized carbons (Fsp3) is 0.375. The lowest BCUT2D eigenvalue weighted by Gasteiger charge is -2.15. The third-order valence-corrected chi connectivity index (χ3v) is 8.02. The molecule has 1 aliphatic rings. The Labute approximate surface area is 228 Å². The highest BCUT2D eigenvalue weighted by atomic mass is 35.5. The number of aliphatic hydroxyl groups is 2. The molecule has 14 heteroatoms. The second-order valence-electron chi connectivity index (χ2n) is 8.91. The Morgan fingerprint density at radius 3 is 2.84 bits per heavy atom. The summed E-state index contributed by atoms with van der Waals surface area (Å²) in [6.45, 7) is -0.0494. The number of benzene rings is 1. The van der Waals surface area contributed by atoms with Crippen LogP contribution in [0.3, 0.4) is 0 Å². The Kier molecular flexibility index (Phi) is 9.11. The van der Waals surface area contributed by atoms with Crippen molar-refractivity contribution in [2.75, 3.05) is 19.0 Å². The first-order valence-electron chi connectivity index (χ1n) is 11.6. The van der Waals surface area contributed by atoms with Crippen molar-refractivity contribution in [2.24, 2.45) is 11.1 Å². The predicted octanol–water partition coefficient (Wildman–Crippen LogP) is 2.42. The van der Waals surface area contributed by atoms with Crippen molar-refractivity contribution < 1.29 is 32.3 Å². The number of aromatic nitrogens is 2. The highest BCUT2D eigenvalue weighted by Gasteiger charge is 2.35. The molecule has 4 atom stereocenters. The number of ether oxygens (including phenoxy) is 1. The van der Waals surface area contributed by atoms with Crippen molar-refractivity contribution in [3.63, 3.8) is 0 Å². The van der Waals surface area contributed by atoms with Crippen molar-refractivity contribution in [1.82, 2.24) is 9.97 Å². The van der Waals surface area contributed by atoms with Gasteiger partial charge in [-0.1, -0.05) is 23.7 Å². The van der Waals surface area contributed by atoms with Crippen LogP contribution in [-0.4, -0.2) is 60.2 Å². The van der Waals surface area contributed by atoms with Crippen molar-refractivity contribution >= 4 is 44.8 Å². The number of halogens is 1. The van der Waals surface area contributed by atoms with Gasteiger partial charge in [-0.25, -0.2) is 15.1 Å². The van der Waals surface area contributed by atoms with E-state index < -0.39 is 28.4 Å². The number of aliphatic hydroxyl groups excluding tert-OH is 2. The van der Waals surface area contributed by atoms with E-state index in [0.29, 0.717) is 38.7 Å². The van der Waals surface area contributed by atoms with E-state index in [1.54, 1.807) is 30.3 Å². The molecule has 5 N–H and O–H groups in total. The topological polar surface area (TPSA) is 174 Å². The second-order valence-corrected chi connectivity index (χ2v) is 11.7. The summed E-state index contributed by atoms with van der Waals surface area (Å²) in [7, 11) is -2.59. The molecule has 0 radical (unpaired) electrons. The van der Waals surface area contributed by atoms with Crippen molar-refractivity contribution in [2.45, 2.75) is 37.7 Å². The lowest BCUT2D eigenvalue weighted by atomic mass is 10.0. The molecule has 1 aliphatic carbocycles. The van der Waals surface area contributed by atoms with Gasteiger partial charge < -0.3 is 20.3 Å². The van der Waals surface area contributed by atoms with Crippen molar-refractivity contribution in [3.05, 3.63) is 74.3 Å². The molecule has 2 heterocycles. The first-order chi connectivity index (χ1) is 18.1. The molecular formula is C24H27ClN4O7S2. The Hall–Kier alpha value is -2.49. The van der Waals surface area contributed by atoms with Gasteiger partial charge in [0.05, 0.1) is 29.8 Å². The van der Waals surface area contributed by atoms with Crippen LogP contribution < -0.4 is 10.5 Å². The van der Waals surface area contributed by atoms with E-state index in [2.05, 4.69) is 19.5 Å². The zero-order valence-electron chi connectivity index (χ0n) is 20.3. The van der Waals surface area contributed by atoms with Gasteiger partial charge in [-0.15, -0.1) is 11.3 Å². The number of nitrogens with zero attached hydrogens (tertiary/aromatic N) is 2. The third kappa shape index (κ3) is 6.93. The fourth-order valence-corrected chi connectivity index (χ4v) is 6.09. The van der Waals surface area contributed by atoms with E-state index in [4.69, 9.17) is 21.5 Å². The average Bonchev–Trinajstić information content (AvgIpc) is 3.45. The van der Waals surface area contributed by atoms with Crippen molar-refractivity contribution in [3.8, 4) is 0 Å². The van der Waals surface area contributed by atoms with Crippen LogP contribution in [0.15, 0.2) is 42.9 Å². The van der Waals surface area contributed by atoms with Crippen LogP contribution >= 0.6 is 22.9 Å². The van der Waals surface area contributed by atoms with E-state index in [9.17, 15) is 23.4 Å². The van der Waals surface area contributed by atoms with Crippen LogP contribution in [0, 0.1) is 5.92 Å². The largest absolute Gasteiger partial charge is 0.393 e. The van der Waals surface area contributed by atoms with Crippen LogP contribution in [0.4, 0.5) is 5.82 Å². The number of hydrogen-bond donors (Lipinski definition) is 4. The number of thiophene rings is 1. The van der Waals surface area contributed by atoms with E-state index in [-0.39, 0.29) is 36.4 Å².